The average molecular weight is 415 g/mol. The molecule has 3 aromatic carbocycles. The number of anilines is 1. The van der Waals surface area contributed by atoms with E-state index in [0.717, 1.165) is 27.9 Å². The third kappa shape index (κ3) is 5.82. The van der Waals surface area contributed by atoms with Gasteiger partial charge in [0.2, 0.25) is 11.8 Å². The lowest BCUT2D eigenvalue weighted by atomic mass is 9.89. The predicted molar refractivity (Wildman–Crippen MR) is 126 cm³/mol. The lowest BCUT2D eigenvalue weighted by Crippen LogP contribution is -2.48. The summed E-state index contributed by atoms with van der Waals surface area (Å²) in [6.45, 7) is 7.86. The third-order valence-electron chi connectivity index (χ3n) is 5.26. The highest BCUT2D eigenvalue weighted by molar-refractivity contribution is 5.99. The quantitative estimate of drug-likeness (QED) is 0.557. The van der Waals surface area contributed by atoms with Crippen LogP contribution in [-0.4, -0.2) is 17.9 Å². The lowest BCUT2D eigenvalue weighted by molar-refractivity contribution is -0.127. The van der Waals surface area contributed by atoms with Crippen molar-refractivity contribution in [3.8, 4) is 0 Å². The second-order valence-corrected chi connectivity index (χ2v) is 8.35. The highest BCUT2D eigenvalue weighted by atomic mass is 16.2. The number of hydrogen-bond donors (Lipinski definition) is 2. The second kappa shape index (κ2) is 10.1. The summed E-state index contributed by atoms with van der Waals surface area (Å²) in [7, 11) is 0. The Hall–Kier alpha value is -3.40. The van der Waals surface area contributed by atoms with Crippen molar-refractivity contribution in [2.45, 2.75) is 39.7 Å². The van der Waals surface area contributed by atoms with E-state index in [0.29, 0.717) is 0 Å². The Kier molecular flexibility index (Phi) is 7.24. The number of rotatable bonds is 7. The van der Waals surface area contributed by atoms with Crippen LogP contribution < -0.4 is 10.6 Å². The molecule has 0 unspecified atom stereocenters. The van der Waals surface area contributed by atoms with Crippen LogP contribution in [0.15, 0.2) is 78.9 Å². The van der Waals surface area contributed by atoms with Gasteiger partial charge in [-0.2, -0.15) is 0 Å². The molecule has 2 N–H and O–H groups in total. The van der Waals surface area contributed by atoms with E-state index >= 15 is 0 Å². The zero-order valence-corrected chi connectivity index (χ0v) is 18.6. The van der Waals surface area contributed by atoms with Gasteiger partial charge in [0.05, 0.1) is 5.92 Å². The van der Waals surface area contributed by atoms with Gasteiger partial charge in [-0.15, -0.1) is 0 Å². The van der Waals surface area contributed by atoms with E-state index in [2.05, 4.69) is 16.7 Å². The summed E-state index contributed by atoms with van der Waals surface area (Å²) >= 11 is 0. The van der Waals surface area contributed by atoms with Crippen molar-refractivity contribution in [2.24, 2.45) is 5.92 Å². The number of carbonyl (C=O) groups excluding carboxylic acids is 2. The maximum absolute atomic E-state index is 13.4. The van der Waals surface area contributed by atoms with Crippen LogP contribution in [0.5, 0.6) is 0 Å². The van der Waals surface area contributed by atoms with Gasteiger partial charge in [-0.1, -0.05) is 80.6 Å². The van der Waals surface area contributed by atoms with Crippen LogP contribution in [0, 0.1) is 19.8 Å². The van der Waals surface area contributed by atoms with Crippen LogP contribution in [0.1, 0.15) is 42.0 Å². The maximum atomic E-state index is 13.4. The number of carbonyl (C=O) groups is 2. The van der Waals surface area contributed by atoms with Gasteiger partial charge in [0.1, 0.15) is 6.04 Å². The van der Waals surface area contributed by atoms with Crippen LogP contribution in [0.25, 0.3) is 0 Å². The highest BCUT2D eigenvalue weighted by Crippen LogP contribution is 2.25. The lowest BCUT2D eigenvalue weighted by Gasteiger charge is -2.25. The monoisotopic (exact) mass is 414 g/mol. The molecule has 0 saturated heterocycles. The Morgan fingerprint density at radius 2 is 1.19 bits per heavy atom. The van der Waals surface area contributed by atoms with Crippen molar-refractivity contribution in [1.29, 1.82) is 0 Å². The minimum absolute atomic E-state index is 0.0675. The summed E-state index contributed by atoms with van der Waals surface area (Å²) in [6, 6.07) is 24.6. The summed E-state index contributed by atoms with van der Waals surface area (Å²) in [5.41, 5.74) is 4.68. The molecule has 1 atom stereocenters. The van der Waals surface area contributed by atoms with Crippen LogP contribution in [0.3, 0.4) is 0 Å². The fraction of sp³-hybridized carbons (Fsp3) is 0.259. The molecule has 160 valence electrons. The average Bonchev–Trinajstić information content (AvgIpc) is 2.72. The highest BCUT2D eigenvalue weighted by Gasteiger charge is 2.29. The molecule has 0 spiro atoms. The summed E-state index contributed by atoms with van der Waals surface area (Å²) in [4.78, 5) is 26.5. The first-order valence-electron chi connectivity index (χ1n) is 10.6. The molecule has 0 aliphatic rings. The largest absolute Gasteiger partial charge is 0.343 e. The first-order valence-corrected chi connectivity index (χ1v) is 10.6. The molecular formula is C27H30N2O2. The van der Waals surface area contributed by atoms with Crippen molar-refractivity contribution in [1.82, 2.24) is 5.32 Å². The zero-order chi connectivity index (χ0) is 22.4. The third-order valence-corrected chi connectivity index (χ3v) is 5.26. The molecule has 0 aliphatic carbocycles. The summed E-state index contributed by atoms with van der Waals surface area (Å²) in [5.74, 6) is -0.959. The van der Waals surface area contributed by atoms with Gasteiger partial charge >= 0.3 is 0 Å². The van der Waals surface area contributed by atoms with Crippen LogP contribution in [-0.2, 0) is 9.59 Å². The number of amides is 2. The van der Waals surface area contributed by atoms with E-state index < -0.39 is 12.0 Å². The van der Waals surface area contributed by atoms with E-state index in [1.54, 1.807) is 0 Å². The van der Waals surface area contributed by atoms with Crippen molar-refractivity contribution < 1.29 is 9.59 Å². The number of aryl methyl sites for hydroxylation is 2. The van der Waals surface area contributed by atoms with Gasteiger partial charge in [0.15, 0.2) is 0 Å². The number of benzene rings is 3. The molecule has 4 heteroatoms. The fourth-order valence-corrected chi connectivity index (χ4v) is 3.82. The molecule has 3 rings (SSSR count). The minimum atomic E-state index is -0.650. The number of nitrogens with one attached hydrogen (secondary N) is 2. The predicted octanol–water partition coefficient (Wildman–Crippen LogP) is 5.21. The van der Waals surface area contributed by atoms with Gasteiger partial charge in [0, 0.05) is 5.69 Å². The molecule has 0 fully saturated rings. The minimum Gasteiger partial charge on any atom is -0.343 e. The Labute approximate surface area is 184 Å². The summed E-state index contributed by atoms with van der Waals surface area (Å²) in [5, 5.41) is 5.99. The summed E-state index contributed by atoms with van der Waals surface area (Å²) in [6.07, 6.45) is 0. The van der Waals surface area contributed by atoms with E-state index in [1.807, 2.05) is 100 Å². The Bertz CT molecular complexity index is 970. The van der Waals surface area contributed by atoms with Crippen molar-refractivity contribution in [3.05, 3.63) is 101 Å². The molecule has 0 radical (unpaired) electrons. The molecule has 0 aromatic heterocycles. The molecule has 4 nitrogen and oxygen atoms in total. The van der Waals surface area contributed by atoms with E-state index in [4.69, 9.17) is 0 Å². The second-order valence-electron chi connectivity index (χ2n) is 8.35. The SMILES string of the molecule is Cc1cc(C)cc(NC(=O)[C@H](NC(=O)C(c2ccccc2)c2ccccc2)C(C)C)c1. The molecular weight excluding hydrogens is 384 g/mol. The fourth-order valence-electron chi connectivity index (χ4n) is 3.82. The topological polar surface area (TPSA) is 58.2 Å². The van der Waals surface area contributed by atoms with Gasteiger partial charge in [-0.25, -0.2) is 0 Å². The van der Waals surface area contributed by atoms with E-state index in [9.17, 15) is 9.59 Å². The molecule has 31 heavy (non-hydrogen) atoms. The molecule has 3 aromatic rings. The maximum Gasteiger partial charge on any atom is 0.247 e. The van der Waals surface area contributed by atoms with Crippen LogP contribution in [0.4, 0.5) is 5.69 Å². The Balaban J connectivity index is 1.84. The molecule has 2 amide bonds. The van der Waals surface area contributed by atoms with Crippen LogP contribution in [0.2, 0.25) is 0 Å². The van der Waals surface area contributed by atoms with Crippen molar-refractivity contribution >= 4 is 17.5 Å². The van der Waals surface area contributed by atoms with Crippen molar-refractivity contribution in [2.75, 3.05) is 5.32 Å². The number of hydrogen-bond acceptors (Lipinski definition) is 2. The van der Waals surface area contributed by atoms with Crippen LogP contribution >= 0.6 is 0 Å². The van der Waals surface area contributed by atoms with Gasteiger partial charge in [-0.3, -0.25) is 9.59 Å². The molecule has 0 saturated carbocycles. The standard InChI is InChI=1S/C27H30N2O2/c1-18(2)25(27(31)28-23-16-19(3)15-20(4)17-23)29-26(30)24(21-11-7-5-8-12-21)22-13-9-6-10-14-22/h5-18,24-25H,1-4H3,(H,28,31)(H,29,30)/t25-/m1/s1. The first kappa shape index (κ1) is 22.3. The smallest absolute Gasteiger partial charge is 0.247 e. The molecule has 0 heterocycles. The van der Waals surface area contributed by atoms with Gasteiger partial charge in [-0.05, 0) is 54.2 Å². The Morgan fingerprint density at radius 1 is 0.710 bits per heavy atom. The van der Waals surface area contributed by atoms with Crippen molar-refractivity contribution in [3.63, 3.8) is 0 Å². The van der Waals surface area contributed by atoms with E-state index in [1.165, 1.54) is 0 Å². The summed E-state index contributed by atoms with van der Waals surface area (Å²) < 4.78 is 0. The first-order chi connectivity index (χ1) is 14.8. The normalized spacial score (nSPS) is 11.9. The van der Waals surface area contributed by atoms with Gasteiger partial charge in [0.25, 0.3) is 0 Å². The molecule has 0 bridgehead atoms. The van der Waals surface area contributed by atoms with E-state index in [-0.39, 0.29) is 17.7 Å². The molecule has 0 aliphatic heterocycles. The Morgan fingerprint density at radius 3 is 1.65 bits per heavy atom. The van der Waals surface area contributed by atoms with Gasteiger partial charge < -0.3 is 10.6 Å². The zero-order valence-electron chi connectivity index (χ0n) is 18.6.